The normalized spacial score (nSPS) is 15.7. The van der Waals surface area contributed by atoms with Gasteiger partial charge in [-0.2, -0.15) is 0 Å². The van der Waals surface area contributed by atoms with Crippen LogP contribution >= 0.6 is 0 Å². The molecule has 1 aromatic heterocycles. The smallest absolute Gasteiger partial charge is 0.209 e. The summed E-state index contributed by atoms with van der Waals surface area (Å²) in [5.74, 6) is -0.108. The predicted octanol–water partition coefficient (Wildman–Crippen LogP) is 3.95. The van der Waals surface area contributed by atoms with Crippen molar-refractivity contribution >= 4 is 17.3 Å². The topological polar surface area (TPSA) is 51.1 Å². The Kier molecular flexibility index (Phi) is 4.17. The lowest BCUT2D eigenvalue weighted by Gasteiger charge is -2.12. The number of carbonyl (C=O) groups excluding carboxylic acids is 2. The van der Waals surface area contributed by atoms with Crippen LogP contribution in [-0.4, -0.2) is 22.7 Å². The van der Waals surface area contributed by atoms with Crippen LogP contribution in [0.4, 0.5) is 5.69 Å². The number of hydrogen-bond donors (Lipinski definition) is 1. The second-order valence-electron chi connectivity index (χ2n) is 6.72. The van der Waals surface area contributed by atoms with Gasteiger partial charge in [0.15, 0.2) is 5.78 Å². The SMILES string of the molecule is Cc1ccc(NCC2Cn3c(C(=O)c4ccccc4)ccc3C2=O)cc1. The Morgan fingerprint density at radius 1 is 1.04 bits per heavy atom. The maximum absolute atomic E-state index is 12.7. The first-order valence-corrected chi connectivity index (χ1v) is 8.77. The fourth-order valence-electron chi connectivity index (χ4n) is 3.40. The first-order chi connectivity index (χ1) is 12.6. The Bertz CT molecular complexity index is 956. The average Bonchev–Trinajstić information content (AvgIpc) is 3.22. The quantitative estimate of drug-likeness (QED) is 0.713. The van der Waals surface area contributed by atoms with E-state index in [1.165, 1.54) is 5.56 Å². The number of ketones is 2. The average molecular weight is 344 g/mol. The number of anilines is 1. The summed E-state index contributed by atoms with van der Waals surface area (Å²) in [6.45, 7) is 3.14. The number of fused-ring (bicyclic) bond motifs is 1. The summed E-state index contributed by atoms with van der Waals surface area (Å²) in [5, 5.41) is 3.33. The predicted molar refractivity (Wildman–Crippen MR) is 102 cm³/mol. The lowest BCUT2D eigenvalue weighted by atomic mass is 10.0. The Morgan fingerprint density at radius 3 is 2.50 bits per heavy atom. The van der Waals surface area contributed by atoms with Crippen molar-refractivity contribution < 1.29 is 9.59 Å². The molecular formula is C22H20N2O2. The molecule has 2 aromatic carbocycles. The van der Waals surface area contributed by atoms with Gasteiger partial charge < -0.3 is 9.88 Å². The van der Waals surface area contributed by atoms with E-state index in [9.17, 15) is 9.59 Å². The van der Waals surface area contributed by atoms with Gasteiger partial charge >= 0.3 is 0 Å². The van der Waals surface area contributed by atoms with E-state index < -0.39 is 0 Å². The van der Waals surface area contributed by atoms with Crippen molar-refractivity contribution in [3.05, 3.63) is 89.2 Å². The fraction of sp³-hybridized carbons (Fsp3) is 0.182. The molecule has 130 valence electrons. The second kappa shape index (κ2) is 6.64. The Hall–Kier alpha value is -3.14. The first-order valence-electron chi connectivity index (χ1n) is 8.77. The molecule has 4 nitrogen and oxygen atoms in total. The third kappa shape index (κ3) is 2.94. The van der Waals surface area contributed by atoms with E-state index in [0.717, 1.165) is 5.69 Å². The van der Waals surface area contributed by atoms with Crippen LogP contribution in [0.15, 0.2) is 66.7 Å². The van der Waals surface area contributed by atoms with Gasteiger partial charge in [-0.25, -0.2) is 0 Å². The molecule has 0 bridgehead atoms. The molecule has 3 aromatic rings. The Labute approximate surface area is 152 Å². The van der Waals surface area contributed by atoms with Gasteiger partial charge in [-0.3, -0.25) is 9.59 Å². The summed E-state index contributed by atoms with van der Waals surface area (Å²) in [4.78, 5) is 25.4. The van der Waals surface area contributed by atoms with Gasteiger partial charge in [0.25, 0.3) is 0 Å². The summed E-state index contributed by atoms with van der Waals surface area (Å²) in [6, 6.07) is 20.8. The molecular weight excluding hydrogens is 324 g/mol. The van der Waals surface area contributed by atoms with E-state index in [1.807, 2.05) is 54.0 Å². The van der Waals surface area contributed by atoms with E-state index >= 15 is 0 Å². The lowest BCUT2D eigenvalue weighted by Crippen LogP contribution is -2.21. The van der Waals surface area contributed by atoms with E-state index in [4.69, 9.17) is 0 Å². The summed E-state index contributed by atoms with van der Waals surface area (Å²) >= 11 is 0. The minimum Gasteiger partial charge on any atom is -0.384 e. The number of Topliss-reactive ketones (excluding diaryl/α,β-unsaturated/α-hetero) is 1. The number of nitrogens with zero attached hydrogens (tertiary/aromatic N) is 1. The minimum absolute atomic E-state index is 0.0446. The van der Waals surface area contributed by atoms with Gasteiger partial charge in [0.1, 0.15) is 0 Å². The first kappa shape index (κ1) is 16.3. The maximum atomic E-state index is 12.7. The highest BCUT2D eigenvalue weighted by molar-refractivity contribution is 6.10. The van der Waals surface area contributed by atoms with Crippen molar-refractivity contribution in [3.63, 3.8) is 0 Å². The number of rotatable bonds is 5. The van der Waals surface area contributed by atoms with Gasteiger partial charge in [0, 0.05) is 24.3 Å². The third-order valence-electron chi connectivity index (χ3n) is 4.88. The summed E-state index contributed by atoms with van der Waals surface area (Å²) < 4.78 is 1.86. The van der Waals surface area contributed by atoms with Gasteiger partial charge in [0.2, 0.25) is 5.78 Å². The highest BCUT2D eigenvalue weighted by atomic mass is 16.1. The van der Waals surface area contributed by atoms with Crippen LogP contribution in [0.5, 0.6) is 0 Å². The molecule has 2 heterocycles. The zero-order chi connectivity index (χ0) is 18.1. The molecule has 0 saturated carbocycles. The Balaban J connectivity index is 1.50. The zero-order valence-electron chi connectivity index (χ0n) is 14.6. The van der Waals surface area contributed by atoms with Crippen molar-refractivity contribution in [3.8, 4) is 0 Å². The molecule has 4 heteroatoms. The Morgan fingerprint density at radius 2 is 1.77 bits per heavy atom. The van der Waals surface area contributed by atoms with Crippen LogP contribution in [0, 0.1) is 12.8 Å². The van der Waals surface area contributed by atoms with E-state index in [-0.39, 0.29) is 17.5 Å². The molecule has 4 rings (SSSR count). The largest absolute Gasteiger partial charge is 0.384 e. The number of aryl methyl sites for hydroxylation is 1. The molecule has 1 aliphatic rings. The lowest BCUT2D eigenvalue weighted by molar-refractivity contribution is 0.0941. The second-order valence-corrected chi connectivity index (χ2v) is 6.72. The van der Waals surface area contributed by atoms with Crippen molar-refractivity contribution in [1.29, 1.82) is 0 Å². The molecule has 26 heavy (non-hydrogen) atoms. The number of benzene rings is 2. The minimum atomic E-state index is -0.158. The third-order valence-corrected chi connectivity index (χ3v) is 4.88. The van der Waals surface area contributed by atoms with Crippen molar-refractivity contribution in [2.24, 2.45) is 5.92 Å². The number of nitrogens with one attached hydrogen (secondary N) is 1. The van der Waals surface area contributed by atoms with Crippen molar-refractivity contribution in [2.45, 2.75) is 13.5 Å². The van der Waals surface area contributed by atoms with Gasteiger partial charge in [0.05, 0.1) is 17.3 Å². The van der Waals surface area contributed by atoms with Crippen LogP contribution in [0.1, 0.15) is 32.1 Å². The molecule has 1 atom stereocenters. The van der Waals surface area contributed by atoms with Crippen molar-refractivity contribution in [2.75, 3.05) is 11.9 Å². The van der Waals surface area contributed by atoms with Crippen LogP contribution in [0.2, 0.25) is 0 Å². The van der Waals surface area contributed by atoms with E-state index in [2.05, 4.69) is 5.32 Å². The highest BCUT2D eigenvalue weighted by Crippen LogP contribution is 2.26. The summed E-state index contributed by atoms with van der Waals surface area (Å²) in [5.41, 5.74) is 4.05. The molecule has 1 aliphatic heterocycles. The van der Waals surface area contributed by atoms with Crippen molar-refractivity contribution in [1.82, 2.24) is 4.57 Å². The number of hydrogen-bond acceptors (Lipinski definition) is 3. The molecule has 0 radical (unpaired) electrons. The molecule has 0 aliphatic carbocycles. The number of aromatic nitrogens is 1. The molecule has 0 saturated heterocycles. The fourth-order valence-corrected chi connectivity index (χ4v) is 3.40. The molecule has 0 spiro atoms. The van der Waals surface area contributed by atoms with Gasteiger partial charge in [-0.1, -0.05) is 48.0 Å². The summed E-state index contributed by atoms with van der Waals surface area (Å²) in [7, 11) is 0. The van der Waals surface area contributed by atoms with E-state index in [0.29, 0.717) is 30.0 Å². The van der Waals surface area contributed by atoms with Gasteiger partial charge in [-0.15, -0.1) is 0 Å². The summed E-state index contributed by atoms with van der Waals surface area (Å²) in [6.07, 6.45) is 0. The standard InChI is InChI=1S/C22H20N2O2/c1-15-7-9-18(10-8-15)23-13-17-14-24-19(11-12-20(24)22(17)26)21(25)16-5-3-2-4-6-16/h2-12,17,23H,13-14H2,1H3. The number of carbonyl (C=O) groups is 2. The van der Waals surface area contributed by atoms with Crippen LogP contribution in [-0.2, 0) is 6.54 Å². The van der Waals surface area contributed by atoms with Gasteiger partial charge in [-0.05, 0) is 31.2 Å². The highest BCUT2D eigenvalue weighted by Gasteiger charge is 2.33. The molecule has 0 fully saturated rings. The maximum Gasteiger partial charge on any atom is 0.209 e. The van der Waals surface area contributed by atoms with E-state index in [1.54, 1.807) is 24.3 Å². The monoisotopic (exact) mass is 344 g/mol. The van der Waals surface area contributed by atoms with Crippen LogP contribution in [0.3, 0.4) is 0 Å². The van der Waals surface area contributed by atoms with Crippen LogP contribution < -0.4 is 5.32 Å². The molecule has 1 unspecified atom stereocenters. The molecule has 1 N–H and O–H groups in total. The zero-order valence-corrected chi connectivity index (χ0v) is 14.6. The van der Waals surface area contributed by atoms with Crippen LogP contribution in [0.25, 0.3) is 0 Å². The molecule has 0 amide bonds.